The molecule has 0 unspecified atom stereocenters. The van der Waals surface area contributed by atoms with Crippen molar-refractivity contribution in [1.29, 1.82) is 0 Å². The second kappa shape index (κ2) is 6.69. The van der Waals surface area contributed by atoms with Gasteiger partial charge in [0.1, 0.15) is 11.4 Å². The highest BCUT2D eigenvalue weighted by Gasteiger charge is 2.37. The third-order valence-corrected chi connectivity index (χ3v) is 6.73. The molecular weight excluding hydrogens is 355 g/mol. The van der Waals surface area contributed by atoms with Gasteiger partial charge in [0.15, 0.2) is 0 Å². The summed E-state index contributed by atoms with van der Waals surface area (Å²) in [6.07, 6.45) is 9.87. The topological polar surface area (TPSA) is 36.4 Å². The molecule has 25 heavy (non-hydrogen) atoms. The number of aromatic hydroxyl groups is 1. The SMILES string of the molecule is Oc1cc(N2CCC3(CCCC3)CC2)cnc1-c1cccc(Cl)c1Cl. The lowest BCUT2D eigenvalue weighted by molar-refractivity contribution is 0.226. The minimum absolute atomic E-state index is 0.141. The maximum Gasteiger partial charge on any atom is 0.143 e. The fraction of sp³-hybridized carbons (Fsp3) is 0.450. The summed E-state index contributed by atoms with van der Waals surface area (Å²) in [5.74, 6) is 0.141. The molecule has 2 heterocycles. The largest absolute Gasteiger partial charge is 0.506 e. The smallest absolute Gasteiger partial charge is 0.143 e. The number of aromatic nitrogens is 1. The molecule has 0 radical (unpaired) electrons. The summed E-state index contributed by atoms with van der Waals surface area (Å²) in [5.41, 5.74) is 2.69. The summed E-state index contributed by atoms with van der Waals surface area (Å²) in [7, 11) is 0. The number of pyridine rings is 1. The third-order valence-electron chi connectivity index (χ3n) is 5.91. The first-order valence-electron chi connectivity index (χ1n) is 8.96. The second-order valence-electron chi connectivity index (χ2n) is 7.36. The molecule has 1 aliphatic carbocycles. The zero-order chi connectivity index (χ0) is 17.4. The van der Waals surface area contributed by atoms with Crippen LogP contribution >= 0.6 is 23.2 Å². The van der Waals surface area contributed by atoms with Crippen LogP contribution in [0.3, 0.4) is 0 Å². The molecule has 2 aromatic rings. The summed E-state index contributed by atoms with van der Waals surface area (Å²) in [6, 6.07) is 7.16. The number of benzene rings is 1. The van der Waals surface area contributed by atoms with E-state index in [0.29, 0.717) is 26.7 Å². The van der Waals surface area contributed by atoms with Crippen LogP contribution in [0.1, 0.15) is 38.5 Å². The van der Waals surface area contributed by atoms with E-state index in [1.165, 1.54) is 38.5 Å². The van der Waals surface area contributed by atoms with Gasteiger partial charge >= 0.3 is 0 Å². The molecule has 0 amide bonds. The highest BCUT2D eigenvalue weighted by atomic mass is 35.5. The van der Waals surface area contributed by atoms with Crippen LogP contribution in [0.25, 0.3) is 11.3 Å². The third kappa shape index (κ3) is 3.20. The Morgan fingerprint density at radius 2 is 1.76 bits per heavy atom. The van der Waals surface area contributed by atoms with Crippen molar-refractivity contribution in [3.05, 3.63) is 40.5 Å². The Labute approximate surface area is 158 Å². The molecular formula is C20H22Cl2N2O. The van der Waals surface area contributed by atoms with Gasteiger partial charge in [-0.3, -0.25) is 4.98 Å². The summed E-state index contributed by atoms with van der Waals surface area (Å²) in [5, 5.41) is 11.4. The first kappa shape index (κ1) is 17.0. The Bertz CT molecular complexity index is 777. The zero-order valence-corrected chi connectivity index (χ0v) is 15.7. The lowest BCUT2D eigenvalue weighted by atomic mass is 9.77. The fourth-order valence-corrected chi connectivity index (χ4v) is 4.76. The molecule has 0 atom stereocenters. The van der Waals surface area contributed by atoms with Gasteiger partial charge in [-0.2, -0.15) is 0 Å². The van der Waals surface area contributed by atoms with Crippen LogP contribution in [-0.4, -0.2) is 23.2 Å². The van der Waals surface area contributed by atoms with Crippen LogP contribution in [0.5, 0.6) is 5.75 Å². The van der Waals surface area contributed by atoms with Gasteiger partial charge in [0.25, 0.3) is 0 Å². The van der Waals surface area contributed by atoms with E-state index in [-0.39, 0.29) is 5.75 Å². The lowest BCUT2D eigenvalue weighted by Crippen LogP contribution is -2.38. The quantitative estimate of drug-likeness (QED) is 0.706. The van der Waals surface area contributed by atoms with Gasteiger partial charge < -0.3 is 10.0 Å². The van der Waals surface area contributed by atoms with Gasteiger partial charge in [-0.15, -0.1) is 0 Å². The molecule has 5 heteroatoms. The normalized spacial score (nSPS) is 19.5. The van der Waals surface area contributed by atoms with Crippen LogP contribution in [0.15, 0.2) is 30.5 Å². The minimum atomic E-state index is 0.141. The summed E-state index contributed by atoms with van der Waals surface area (Å²) < 4.78 is 0. The number of hydrogen-bond donors (Lipinski definition) is 1. The first-order valence-corrected chi connectivity index (χ1v) is 9.72. The fourth-order valence-electron chi connectivity index (χ4n) is 4.37. The molecule has 3 nitrogen and oxygen atoms in total. The van der Waals surface area contributed by atoms with Gasteiger partial charge in [0.05, 0.1) is 21.9 Å². The maximum atomic E-state index is 10.5. The van der Waals surface area contributed by atoms with Crippen molar-refractivity contribution in [2.45, 2.75) is 38.5 Å². The van der Waals surface area contributed by atoms with Crippen molar-refractivity contribution in [3.63, 3.8) is 0 Å². The highest BCUT2D eigenvalue weighted by molar-refractivity contribution is 6.43. The van der Waals surface area contributed by atoms with E-state index in [4.69, 9.17) is 23.2 Å². The molecule has 1 aromatic heterocycles. The molecule has 1 spiro atoms. The monoisotopic (exact) mass is 376 g/mol. The molecule has 0 bridgehead atoms. The van der Waals surface area contributed by atoms with E-state index in [2.05, 4.69) is 9.88 Å². The van der Waals surface area contributed by atoms with Crippen molar-refractivity contribution in [2.24, 2.45) is 5.41 Å². The maximum absolute atomic E-state index is 10.5. The highest BCUT2D eigenvalue weighted by Crippen LogP contribution is 2.47. The summed E-state index contributed by atoms with van der Waals surface area (Å²) in [4.78, 5) is 6.81. The van der Waals surface area contributed by atoms with E-state index in [0.717, 1.165) is 18.8 Å². The number of piperidine rings is 1. The van der Waals surface area contributed by atoms with E-state index >= 15 is 0 Å². The number of halogens is 2. The van der Waals surface area contributed by atoms with Crippen LogP contribution in [-0.2, 0) is 0 Å². The Kier molecular flexibility index (Phi) is 4.55. The van der Waals surface area contributed by atoms with Crippen LogP contribution in [0.4, 0.5) is 5.69 Å². The van der Waals surface area contributed by atoms with E-state index in [1.807, 2.05) is 18.3 Å². The van der Waals surface area contributed by atoms with Gasteiger partial charge in [0.2, 0.25) is 0 Å². The minimum Gasteiger partial charge on any atom is -0.506 e. The van der Waals surface area contributed by atoms with E-state index in [9.17, 15) is 5.11 Å². The molecule has 1 aromatic carbocycles. The van der Waals surface area contributed by atoms with Gasteiger partial charge in [-0.25, -0.2) is 0 Å². The summed E-state index contributed by atoms with van der Waals surface area (Å²) >= 11 is 12.3. The van der Waals surface area contributed by atoms with Crippen molar-refractivity contribution in [1.82, 2.24) is 4.98 Å². The Balaban J connectivity index is 1.55. The van der Waals surface area contributed by atoms with Crippen molar-refractivity contribution in [3.8, 4) is 17.0 Å². The first-order chi connectivity index (χ1) is 12.1. The molecule has 1 saturated carbocycles. The molecule has 1 saturated heterocycles. The molecule has 2 aliphatic rings. The standard InChI is InChI=1S/C20H22Cl2N2O/c21-16-5-3-4-15(18(16)22)19-17(25)12-14(13-23-19)24-10-8-20(9-11-24)6-1-2-7-20/h3-5,12-13,25H,1-2,6-11H2. The molecule has 2 fully saturated rings. The average molecular weight is 377 g/mol. The van der Waals surface area contributed by atoms with Crippen molar-refractivity contribution >= 4 is 28.9 Å². The van der Waals surface area contributed by atoms with E-state index < -0.39 is 0 Å². The predicted octanol–water partition coefficient (Wildman–Crippen LogP) is 5.92. The number of hydrogen-bond acceptors (Lipinski definition) is 3. The van der Waals surface area contributed by atoms with Gasteiger partial charge in [-0.05, 0) is 37.2 Å². The van der Waals surface area contributed by atoms with Crippen molar-refractivity contribution < 1.29 is 5.11 Å². The number of rotatable bonds is 2. The van der Waals surface area contributed by atoms with Crippen LogP contribution in [0.2, 0.25) is 10.0 Å². The van der Waals surface area contributed by atoms with E-state index in [1.54, 1.807) is 12.1 Å². The molecule has 1 aliphatic heterocycles. The Hall–Kier alpha value is -1.45. The molecule has 4 rings (SSSR count). The number of anilines is 1. The van der Waals surface area contributed by atoms with Gasteiger partial charge in [-0.1, -0.05) is 48.2 Å². The van der Waals surface area contributed by atoms with Crippen molar-refractivity contribution in [2.75, 3.05) is 18.0 Å². The summed E-state index contributed by atoms with van der Waals surface area (Å²) in [6.45, 7) is 2.08. The lowest BCUT2D eigenvalue weighted by Gasteiger charge is -2.40. The van der Waals surface area contributed by atoms with Crippen LogP contribution < -0.4 is 4.90 Å². The van der Waals surface area contributed by atoms with Gasteiger partial charge in [0, 0.05) is 24.7 Å². The average Bonchev–Trinajstić information content (AvgIpc) is 3.06. The molecule has 132 valence electrons. The predicted molar refractivity (Wildman–Crippen MR) is 104 cm³/mol. The Morgan fingerprint density at radius 1 is 1.04 bits per heavy atom. The molecule has 1 N–H and O–H groups in total. The number of nitrogens with zero attached hydrogens (tertiary/aromatic N) is 2. The zero-order valence-electron chi connectivity index (χ0n) is 14.1. The Morgan fingerprint density at radius 3 is 2.44 bits per heavy atom. The second-order valence-corrected chi connectivity index (χ2v) is 8.14. The van der Waals surface area contributed by atoms with Crippen LogP contribution in [0, 0.1) is 5.41 Å².